The molecule has 1 aliphatic rings. The Bertz CT molecular complexity index is 1000. The zero-order chi connectivity index (χ0) is 20.4. The Morgan fingerprint density at radius 3 is 2.69 bits per heavy atom. The summed E-state index contributed by atoms with van der Waals surface area (Å²) in [5.74, 6) is -1.04. The standard InChI is InChI=1S/C22H19ClN2O3S/c1-14-4-7-16(8-5-14)25-20(26)11-17(21(25)18-3-2-10-29-18)22(27)28-13-15-6-9-19(23)24-12-15/h2-10,12,17,21H,11,13H2,1H3/t17-,21+/m1/s1. The first kappa shape index (κ1) is 19.6. The molecule has 0 unspecified atom stereocenters. The first-order valence-corrected chi connectivity index (χ1v) is 10.5. The van der Waals surface area contributed by atoms with Gasteiger partial charge in [-0.1, -0.05) is 41.4 Å². The van der Waals surface area contributed by atoms with Crippen molar-refractivity contribution in [3.63, 3.8) is 0 Å². The van der Waals surface area contributed by atoms with Crippen molar-refractivity contribution in [2.45, 2.75) is 26.0 Å². The van der Waals surface area contributed by atoms with Gasteiger partial charge in [0.05, 0.1) is 12.0 Å². The molecule has 148 valence electrons. The number of pyridine rings is 1. The molecule has 7 heteroatoms. The maximum absolute atomic E-state index is 12.9. The van der Waals surface area contributed by atoms with E-state index in [-0.39, 0.29) is 30.9 Å². The van der Waals surface area contributed by atoms with Gasteiger partial charge in [0, 0.05) is 28.7 Å². The van der Waals surface area contributed by atoms with Crippen LogP contribution in [0.3, 0.4) is 0 Å². The molecular formula is C22H19ClN2O3S. The van der Waals surface area contributed by atoms with Crippen LogP contribution in [-0.4, -0.2) is 16.9 Å². The maximum Gasteiger partial charge on any atom is 0.312 e. The monoisotopic (exact) mass is 426 g/mol. The van der Waals surface area contributed by atoms with Crippen LogP contribution in [0.15, 0.2) is 60.1 Å². The quantitative estimate of drug-likeness (QED) is 0.428. The average molecular weight is 427 g/mol. The fourth-order valence-electron chi connectivity index (χ4n) is 3.49. The number of hydrogen-bond acceptors (Lipinski definition) is 5. The van der Waals surface area contributed by atoms with Crippen LogP contribution in [0.25, 0.3) is 0 Å². The molecule has 1 amide bonds. The van der Waals surface area contributed by atoms with Gasteiger partial charge in [-0.3, -0.25) is 9.59 Å². The lowest BCUT2D eigenvalue weighted by molar-refractivity contribution is -0.150. The third-order valence-electron chi connectivity index (χ3n) is 4.94. The number of rotatable bonds is 5. The smallest absolute Gasteiger partial charge is 0.312 e. The Hall–Kier alpha value is -2.70. The summed E-state index contributed by atoms with van der Waals surface area (Å²) in [5.41, 5.74) is 2.65. The predicted molar refractivity (Wildman–Crippen MR) is 113 cm³/mol. The Balaban J connectivity index is 1.58. The summed E-state index contributed by atoms with van der Waals surface area (Å²) >= 11 is 7.33. The van der Waals surface area contributed by atoms with Crippen LogP contribution in [0, 0.1) is 12.8 Å². The van der Waals surface area contributed by atoms with Crippen LogP contribution < -0.4 is 4.90 Å². The lowest BCUT2D eigenvalue weighted by atomic mass is 9.98. The van der Waals surface area contributed by atoms with Gasteiger partial charge in [0.2, 0.25) is 5.91 Å². The van der Waals surface area contributed by atoms with Gasteiger partial charge < -0.3 is 9.64 Å². The fourth-order valence-corrected chi connectivity index (χ4v) is 4.49. The third-order valence-corrected chi connectivity index (χ3v) is 6.11. The van der Waals surface area contributed by atoms with Crippen LogP contribution in [0.4, 0.5) is 5.69 Å². The third kappa shape index (κ3) is 4.18. The lowest BCUT2D eigenvalue weighted by Crippen LogP contribution is -2.30. The van der Waals surface area contributed by atoms with Gasteiger partial charge in [-0.05, 0) is 36.6 Å². The highest BCUT2D eigenvalue weighted by Crippen LogP contribution is 2.43. The highest BCUT2D eigenvalue weighted by atomic mass is 35.5. The number of anilines is 1. The first-order chi connectivity index (χ1) is 14.0. The normalized spacial score (nSPS) is 18.8. The van der Waals surface area contributed by atoms with E-state index in [0.29, 0.717) is 5.15 Å². The molecule has 1 saturated heterocycles. The lowest BCUT2D eigenvalue weighted by Gasteiger charge is -2.27. The predicted octanol–water partition coefficient (Wildman–Crippen LogP) is 4.94. The number of carbonyl (C=O) groups is 2. The van der Waals surface area contributed by atoms with Crippen molar-refractivity contribution in [3.05, 3.63) is 81.3 Å². The van der Waals surface area contributed by atoms with Crippen molar-refractivity contribution in [2.75, 3.05) is 4.90 Å². The van der Waals surface area contributed by atoms with Crippen molar-refractivity contribution in [3.8, 4) is 0 Å². The molecule has 2 aromatic heterocycles. The highest BCUT2D eigenvalue weighted by Gasteiger charge is 2.46. The first-order valence-electron chi connectivity index (χ1n) is 9.22. The minimum Gasteiger partial charge on any atom is -0.460 e. The average Bonchev–Trinajstić information content (AvgIpc) is 3.36. The van der Waals surface area contributed by atoms with Gasteiger partial charge in [-0.15, -0.1) is 11.3 Å². The number of thiophene rings is 1. The molecule has 0 N–H and O–H groups in total. The molecule has 0 bridgehead atoms. The van der Waals surface area contributed by atoms with Crippen LogP contribution >= 0.6 is 22.9 Å². The SMILES string of the molecule is Cc1ccc(N2C(=O)C[C@@H](C(=O)OCc3ccc(Cl)nc3)[C@H]2c2cccs2)cc1. The Morgan fingerprint density at radius 1 is 1.24 bits per heavy atom. The number of aryl methyl sites for hydroxylation is 1. The van der Waals surface area contributed by atoms with E-state index in [1.54, 1.807) is 23.2 Å². The van der Waals surface area contributed by atoms with Crippen LogP contribution in [0.1, 0.15) is 28.5 Å². The van der Waals surface area contributed by atoms with E-state index >= 15 is 0 Å². The molecule has 2 atom stereocenters. The summed E-state index contributed by atoms with van der Waals surface area (Å²) in [7, 11) is 0. The number of ether oxygens (including phenoxy) is 1. The van der Waals surface area contributed by atoms with E-state index < -0.39 is 5.92 Å². The van der Waals surface area contributed by atoms with Crippen molar-refractivity contribution in [1.29, 1.82) is 0 Å². The second-order valence-corrected chi connectivity index (χ2v) is 8.33. The molecule has 3 heterocycles. The molecule has 1 aromatic carbocycles. The summed E-state index contributed by atoms with van der Waals surface area (Å²) in [6, 6.07) is 14.7. The maximum atomic E-state index is 12.9. The molecule has 29 heavy (non-hydrogen) atoms. The second-order valence-electron chi connectivity index (χ2n) is 6.97. The van der Waals surface area contributed by atoms with Crippen molar-refractivity contribution >= 4 is 40.5 Å². The number of nitrogens with zero attached hydrogens (tertiary/aromatic N) is 2. The van der Waals surface area contributed by atoms with Gasteiger partial charge in [0.25, 0.3) is 0 Å². The summed E-state index contributed by atoms with van der Waals surface area (Å²) in [6.07, 6.45) is 1.69. The van der Waals surface area contributed by atoms with E-state index in [4.69, 9.17) is 16.3 Å². The molecular weight excluding hydrogens is 408 g/mol. The van der Waals surface area contributed by atoms with E-state index in [9.17, 15) is 9.59 Å². The molecule has 0 saturated carbocycles. The van der Waals surface area contributed by atoms with E-state index in [1.807, 2.05) is 48.7 Å². The van der Waals surface area contributed by atoms with E-state index in [1.165, 1.54) is 11.3 Å². The van der Waals surface area contributed by atoms with Crippen molar-refractivity contribution in [2.24, 2.45) is 5.92 Å². The summed E-state index contributed by atoms with van der Waals surface area (Å²) in [4.78, 5) is 32.5. The van der Waals surface area contributed by atoms with E-state index in [2.05, 4.69) is 4.98 Å². The molecule has 1 aliphatic heterocycles. The number of halogens is 1. The highest BCUT2D eigenvalue weighted by molar-refractivity contribution is 7.10. The molecule has 0 radical (unpaired) electrons. The number of benzene rings is 1. The Kier molecular flexibility index (Phi) is 5.65. The van der Waals surface area contributed by atoms with Crippen LogP contribution in [0.5, 0.6) is 0 Å². The summed E-state index contributed by atoms with van der Waals surface area (Å²) < 4.78 is 5.54. The van der Waals surface area contributed by atoms with Crippen molar-refractivity contribution in [1.82, 2.24) is 4.98 Å². The number of aromatic nitrogens is 1. The summed E-state index contributed by atoms with van der Waals surface area (Å²) in [5, 5.41) is 2.33. The number of carbonyl (C=O) groups excluding carboxylic acids is 2. The molecule has 0 aliphatic carbocycles. The minimum absolute atomic E-state index is 0.0811. The van der Waals surface area contributed by atoms with Crippen molar-refractivity contribution < 1.29 is 14.3 Å². The second kappa shape index (κ2) is 8.35. The largest absolute Gasteiger partial charge is 0.460 e. The summed E-state index contributed by atoms with van der Waals surface area (Å²) in [6.45, 7) is 2.09. The molecule has 5 nitrogen and oxygen atoms in total. The zero-order valence-electron chi connectivity index (χ0n) is 15.7. The Morgan fingerprint density at radius 2 is 2.03 bits per heavy atom. The zero-order valence-corrected chi connectivity index (χ0v) is 17.3. The number of hydrogen-bond donors (Lipinski definition) is 0. The topological polar surface area (TPSA) is 59.5 Å². The van der Waals surface area contributed by atoms with Gasteiger partial charge in [-0.25, -0.2) is 4.98 Å². The fraction of sp³-hybridized carbons (Fsp3) is 0.227. The van der Waals surface area contributed by atoms with Gasteiger partial charge >= 0.3 is 5.97 Å². The Labute approximate surface area is 177 Å². The number of amides is 1. The molecule has 4 rings (SSSR count). The molecule has 3 aromatic rings. The number of esters is 1. The van der Waals surface area contributed by atoms with Gasteiger partial charge in [-0.2, -0.15) is 0 Å². The van der Waals surface area contributed by atoms with Crippen LogP contribution in [0.2, 0.25) is 5.15 Å². The van der Waals surface area contributed by atoms with Crippen LogP contribution in [-0.2, 0) is 20.9 Å². The molecule has 0 spiro atoms. The van der Waals surface area contributed by atoms with Gasteiger partial charge in [0.15, 0.2) is 0 Å². The molecule has 1 fully saturated rings. The van der Waals surface area contributed by atoms with Gasteiger partial charge in [0.1, 0.15) is 11.8 Å². The minimum atomic E-state index is -0.567. The van der Waals surface area contributed by atoms with E-state index in [0.717, 1.165) is 21.7 Å².